The van der Waals surface area contributed by atoms with E-state index in [1.807, 2.05) is 13.0 Å². The third kappa shape index (κ3) is 4.01. The van der Waals surface area contributed by atoms with Gasteiger partial charge in [0.1, 0.15) is 0 Å². The molecular formula is C22H25N3O4S. The molecule has 3 rings (SSSR count). The summed E-state index contributed by atoms with van der Waals surface area (Å²) in [5, 5.41) is 3.70. The van der Waals surface area contributed by atoms with E-state index in [-0.39, 0.29) is 16.4 Å². The highest BCUT2D eigenvalue weighted by Crippen LogP contribution is 2.22. The molecule has 0 bridgehead atoms. The van der Waals surface area contributed by atoms with Gasteiger partial charge in [0, 0.05) is 35.3 Å². The molecule has 0 saturated carbocycles. The van der Waals surface area contributed by atoms with Crippen LogP contribution in [0.15, 0.2) is 52.2 Å². The molecule has 0 atom stereocenters. The maximum absolute atomic E-state index is 12.6. The lowest BCUT2D eigenvalue weighted by Gasteiger charge is -2.18. The van der Waals surface area contributed by atoms with Crippen molar-refractivity contribution < 1.29 is 13.2 Å². The second kappa shape index (κ2) is 8.41. The molecule has 30 heavy (non-hydrogen) atoms. The van der Waals surface area contributed by atoms with E-state index in [2.05, 4.69) is 10.3 Å². The summed E-state index contributed by atoms with van der Waals surface area (Å²) in [5.74, 6) is -0.368. The third-order valence-corrected chi connectivity index (χ3v) is 7.36. The molecule has 0 unspecified atom stereocenters. The Labute approximate surface area is 175 Å². The van der Waals surface area contributed by atoms with Gasteiger partial charge in [-0.15, -0.1) is 0 Å². The first-order valence-corrected chi connectivity index (χ1v) is 11.2. The SMILES string of the molecule is CCN(CC)S(=O)(=O)c1ccc(C(=O)Nc2ccc3c(C)c(C)c(=O)[nH]c3c2)cc1. The van der Waals surface area contributed by atoms with Gasteiger partial charge < -0.3 is 10.3 Å². The molecule has 0 saturated heterocycles. The van der Waals surface area contributed by atoms with Crippen LogP contribution >= 0.6 is 0 Å². The summed E-state index contributed by atoms with van der Waals surface area (Å²) in [4.78, 5) is 27.6. The van der Waals surface area contributed by atoms with E-state index in [0.29, 0.717) is 35.4 Å². The second-order valence-electron chi connectivity index (χ2n) is 7.03. The quantitative estimate of drug-likeness (QED) is 0.629. The van der Waals surface area contributed by atoms with E-state index in [4.69, 9.17) is 0 Å². The largest absolute Gasteiger partial charge is 0.322 e. The van der Waals surface area contributed by atoms with Crippen molar-refractivity contribution in [3.05, 3.63) is 69.5 Å². The third-order valence-electron chi connectivity index (χ3n) is 5.29. The summed E-state index contributed by atoms with van der Waals surface area (Å²) in [6.45, 7) is 7.98. The van der Waals surface area contributed by atoms with Crippen molar-refractivity contribution in [1.82, 2.24) is 9.29 Å². The Hall–Kier alpha value is -2.97. The molecule has 0 aliphatic rings. The number of hydrogen-bond acceptors (Lipinski definition) is 4. The molecule has 1 heterocycles. The maximum Gasteiger partial charge on any atom is 0.255 e. The summed E-state index contributed by atoms with van der Waals surface area (Å²) >= 11 is 0. The molecule has 0 spiro atoms. The molecule has 7 nitrogen and oxygen atoms in total. The lowest BCUT2D eigenvalue weighted by Crippen LogP contribution is -2.30. The van der Waals surface area contributed by atoms with Crippen molar-refractivity contribution in [3.8, 4) is 0 Å². The van der Waals surface area contributed by atoms with Gasteiger partial charge in [0.25, 0.3) is 11.5 Å². The summed E-state index contributed by atoms with van der Waals surface area (Å²) in [5.41, 5.74) is 2.92. The fraction of sp³-hybridized carbons (Fsp3) is 0.273. The summed E-state index contributed by atoms with van der Waals surface area (Å²) in [6.07, 6.45) is 0. The number of anilines is 1. The molecule has 1 aromatic heterocycles. The van der Waals surface area contributed by atoms with Crippen molar-refractivity contribution in [2.45, 2.75) is 32.6 Å². The Morgan fingerprint density at radius 1 is 1.00 bits per heavy atom. The van der Waals surface area contributed by atoms with E-state index in [9.17, 15) is 18.0 Å². The number of aromatic nitrogens is 1. The predicted octanol–water partition coefficient (Wildman–Crippen LogP) is 3.43. The van der Waals surface area contributed by atoms with Gasteiger partial charge in [-0.05, 0) is 55.8 Å². The Kier molecular flexibility index (Phi) is 6.09. The number of carbonyl (C=O) groups excluding carboxylic acids is 1. The van der Waals surface area contributed by atoms with Crippen LogP contribution in [0.5, 0.6) is 0 Å². The summed E-state index contributed by atoms with van der Waals surface area (Å²) in [6, 6.07) is 11.2. The number of carbonyl (C=O) groups is 1. The fourth-order valence-corrected chi connectivity index (χ4v) is 4.79. The lowest BCUT2D eigenvalue weighted by molar-refractivity contribution is 0.102. The maximum atomic E-state index is 12.6. The molecule has 158 valence electrons. The monoisotopic (exact) mass is 427 g/mol. The standard InChI is InChI=1S/C22H25N3O4S/c1-5-25(6-2)30(28,29)18-10-7-16(8-11-18)22(27)23-17-9-12-19-14(3)15(4)21(26)24-20(19)13-17/h7-13H,5-6H2,1-4H3,(H,23,27)(H,24,26). The van der Waals surface area contributed by atoms with Gasteiger partial charge in [-0.2, -0.15) is 4.31 Å². The molecule has 8 heteroatoms. The molecule has 0 radical (unpaired) electrons. The molecule has 0 fully saturated rings. The number of sulfonamides is 1. The van der Waals surface area contributed by atoms with Crippen molar-refractivity contribution in [3.63, 3.8) is 0 Å². The zero-order valence-corrected chi connectivity index (χ0v) is 18.3. The van der Waals surface area contributed by atoms with E-state index >= 15 is 0 Å². The minimum absolute atomic E-state index is 0.150. The van der Waals surface area contributed by atoms with Crippen LogP contribution in [0, 0.1) is 13.8 Å². The van der Waals surface area contributed by atoms with Crippen LogP contribution in [0.4, 0.5) is 5.69 Å². The van der Waals surface area contributed by atoms with Gasteiger partial charge >= 0.3 is 0 Å². The van der Waals surface area contributed by atoms with Crippen LogP contribution in [0.3, 0.4) is 0 Å². The highest BCUT2D eigenvalue weighted by Gasteiger charge is 2.21. The van der Waals surface area contributed by atoms with Crippen LogP contribution in [-0.2, 0) is 10.0 Å². The average molecular weight is 428 g/mol. The van der Waals surface area contributed by atoms with Gasteiger partial charge in [0.15, 0.2) is 0 Å². The lowest BCUT2D eigenvalue weighted by atomic mass is 10.1. The number of rotatable bonds is 6. The smallest absolute Gasteiger partial charge is 0.255 e. The first-order valence-electron chi connectivity index (χ1n) is 9.73. The van der Waals surface area contributed by atoms with E-state index < -0.39 is 10.0 Å². The number of amides is 1. The van der Waals surface area contributed by atoms with Crippen molar-refractivity contribution >= 4 is 32.5 Å². The Morgan fingerprint density at radius 2 is 1.63 bits per heavy atom. The van der Waals surface area contributed by atoms with Gasteiger partial charge in [-0.1, -0.05) is 19.9 Å². The first-order chi connectivity index (χ1) is 14.2. The van der Waals surface area contributed by atoms with Gasteiger partial charge in [-0.3, -0.25) is 9.59 Å². The van der Waals surface area contributed by atoms with Crippen molar-refractivity contribution in [2.75, 3.05) is 18.4 Å². The van der Waals surface area contributed by atoms with Crippen LogP contribution in [0.1, 0.15) is 35.3 Å². The second-order valence-corrected chi connectivity index (χ2v) is 8.97. The van der Waals surface area contributed by atoms with Crippen LogP contribution < -0.4 is 10.9 Å². The molecular weight excluding hydrogens is 402 g/mol. The minimum Gasteiger partial charge on any atom is -0.322 e. The molecule has 2 aromatic carbocycles. The number of aryl methyl sites for hydroxylation is 1. The number of hydrogen-bond donors (Lipinski definition) is 2. The fourth-order valence-electron chi connectivity index (χ4n) is 3.33. The highest BCUT2D eigenvalue weighted by atomic mass is 32.2. The molecule has 0 aliphatic carbocycles. The number of nitrogens with zero attached hydrogens (tertiary/aromatic N) is 1. The first kappa shape index (κ1) is 21.7. The van der Waals surface area contributed by atoms with Crippen LogP contribution in [-0.4, -0.2) is 36.7 Å². The highest BCUT2D eigenvalue weighted by molar-refractivity contribution is 7.89. The normalized spacial score (nSPS) is 11.8. The zero-order valence-electron chi connectivity index (χ0n) is 17.4. The summed E-state index contributed by atoms with van der Waals surface area (Å²) < 4.78 is 26.5. The number of aromatic amines is 1. The predicted molar refractivity (Wildman–Crippen MR) is 119 cm³/mol. The van der Waals surface area contributed by atoms with Crippen LogP contribution in [0.2, 0.25) is 0 Å². The number of nitrogens with one attached hydrogen (secondary N) is 2. The van der Waals surface area contributed by atoms with E-state index in [0.717, 1.165) is 10.9 Å². The molecule has 1 amide bonds. The minimum atomic E-state index is -3.57. The molecule has 0 aliphatic heterocycles. The number of pyridine rings is 1. The van der Waals surface area contributed by atoms with E-state index in [1.54, 1.807) is 32.9 Å². The zero-order chi connectivity index (χ0) is 22.1. The van der Waals surface area contributed by atoms with Gasteiger partial charge in [-0.25, -0.2) is 8.42 Å². The molecule has 2 N–H and O–H groups in total. The Morgan fingerprint density at radius 3 is 2.23 bits per heavy atom. The van der Waals surface area contributed by atoms with Crippen LogP contribution in [0.25, 0.3) is 10.9 Å². The molecule has 3 aromatic rings. The van der Waals surface area contributed by atoms with Gasteiger partial charge in [0.2, 0.25) is 10.0 Å². The Bertz CT molecular complexity index is 1260. The van der Waals surface area contributed by atoms with Gasteiger partial charge in [0.05, 0.1) is 10.4 Å². The number of fused-ring (bicyclic) bond motifs is 1. The van der Waals surface area contributed by atoms with E-state index in [1.165, 1.54) is 28.6 Å². The number of benzene rings is 2. The van der Waals surface area contributed by atoms with Crippen molar-refractivity contribution in [1.29, 1.82) is 0 Å². The topological polar surface area (TPSA) is 99.3 Å². The van der Waals surface area contributed by atoms with Crippen molar-refractivity contribution in [2.24, 2.45) is 0 Å². The average Bonchev–Trinajstić information content (AvgIpc) is 2.72. The summed E-state index contributed by atoms with van der Waals surface area (Å²) in [7, 11) is -3.57. The number of H-pyrrole nitrogens is 1. The Balaban J connectivity index is 1.84.